The summed E-state index contributed by atoms with van der Waals surface area (Å²) in [5.41, 5.74) is 0.893. The van der Waals surface area contributed by atoms with E-state index in [0.29, 0.717) is 5.56 Å². The van der Waals surface area contributed by atoms with Crippen molar-refractivity contribution < 1.29 is 27.8 Å². The van der Waals surface area contributed by atoms with E-state index in [9.17, 15) is 23.1 Å². The molecule has 0 aliphatic rings. The second-order valence-electron chi connectivity index (χ2n) is 4.71. The van der Waals surface area contributed by atoms with Crippen LogP contribution >= 0.6 is 0 Å². The largest absolute Gasteiger partial charge is 0.507 e. The highest BCUT2D eigenvalue weighted by atomic mass is 19.4. The number of rotatable bonds is 4. The van der Waals surface area contributed by atoms with Gasteiger partial charge in [0.2, 0.25) is 5.88 Å². The number of nitrogens with zero attached hydrogens (tertiary/aromatic N) is 1. The lowest BCUT2D eigenvalue weighted by Crippen LogP contribution is -2.19. The summed E-state index contributed by atoms with van der Waals surface area (Å²) >= 11 is 0. The molecule has 1 aromatic heterocycles. The molecule has 1 aromatic carbocycles. The van der Waals surface area contributed by atoms with Crippen LogP contribution < -0.4 is 10.1 Å². The predicted molar refractivity (Wildman–Crippen MR) is 76.6 cm³/mol. The first kappa shape index (κ1) is 16.6. The highest BCUT2D eigenvalue weighted by Crippen LogP contribution is 2.23. The number of aromatic hydroxyl groups is 1. The van der Waals surface area contributed by atoms with Crippen LogP contribution in [0.5, 0.6) is 11.6 Å². The number of phenols is 1. The molecule has 0 fully saturated rings. The minimum absolute atomic E-state index is 0.0856. The van der Waals surface area contributed by atoms with Crippen molar-refractivity contribution in [2.75, 3.05) is 11.9 Å². The lowest BCUT2D eigenvalue weighted by molar-refractivity contribution is -0.154. The third-order valence-electron chi connectivity index (χ3n) is 2.86. The van der Waals surface area contributed by atoms with Gasteiger partial charge in [0.25, 0.3) is 5.91 Å². The number of nitrogens with one attached hydrogen (secondary N) is 1. The molecule has 0 atom stereocenters. The first-order valence-corrected chi connectivity index (χ1v) is 6.52. The Hall–Kier alpha value is -2.77. The molecule has 0 radical (unpaired) electrons. The molecule has 122 valence electrons. The van der Waals surface area contributed by atoms with E-state index in [1.807, 2.05) is 0 Å². The molecule has 0 bridgehead atoms. The summed E-state index contributed by atoms with van der Waals surface area (Å²) < 4.78 is 40.5. The van der Waals surface area contributed by atoms with Gasteiger partial charge in [-0.15, -0.1) is 0 Å². The Morgan fingerprint density at radius 2 is 2.04 bits per heavy atom. The van der Waals surface area contributed by atoms with E-state index in [-0.39, 0.29) is 22.9 Å². The molecule has 0 aliphatic carbocycles. The number of anilines is 1. The number of halogens is 3. The molecule has 2 rings (SSSR count). The van der Waals surface area contributed by atoms with E-state index in [4.69, 9.17) is 0 Å². The maximum Gasteiger partial charge on any atom is 0.422 e. The van der Waals surface area contributed by atoms with Crippen LogP contribution in [-0.4, -0.2) is 28.8 Å². The SMILES string of the molecule is Cc1cccc(C(=O)Nc2ccc(OCC(F)(F)F)nc2)c1O. The minimum atomic E-state index is -4.45. The van der Waals surface area contributed by atoms with Crippen LogP contribution in [-0.2, 0) is 0 Å². The number of carbonyl (C=O) groups excluding carboxylic acids is 1. The van der Waals surface area contributed by atoms with Crippen molar-refractivity contribution in [3.05, 3.63) is 47.7 Å². The van der Waals surface area contributed by atoms with Crippen molar-refractivity contribution in [3.63, 3.8) is 0 Å². The predicted octanol–water partition coefficient (Wildman–Crippen LogP) is 3.29. The summed E-state index contributed by atoms with van der Waals surface area (Å²) in [6, 6.07) is 7.28. The molecule has 8 heteroatoms. The zero-order valence-corrected chi connectivity index (χ0v) is 12.0. The quantitative estimate of drug-likeness (QED) is 0.904. The Morgan fingerprint density at radius 1 is 1.30 bits per heavy atom. The van der Waals surface area contributed by atoms with Gasteiger partial charge in [-0.1, -0.05) is 12.1 Å². The topological polar surface area (TPSA) is 71.5 Å². The third kappa shape index (κ3) is 4.60. The summed E-state index contributed by atoms with van der Waals surface area (Å²) in [6.45, 7) is 0.212. The maximum absolute atomic E-state index is 12.1. The number of aryl methyl sites for hydroxylation is 1. The Morgan fingerprint density at radius 3 is 2.65 bits per heavy atom. The molecule has 23 heavy (non-hydrogen) atoms. The second-order valence-corrected chi connectivity index (χ2v) is 4.71. The Labute approximate surface area is 129 Å². The molecular weight excluding hydrogens is 313 g/mol. The lowest BCUT2D eigenvalue weighted by atomic mass is 10.1. The minimum Gasteiger partial charge on any atom is -0.507 e. The fourth-order valence-corrected chi connectivity index (χ4v) is 1.74. The van der Waals surface area contributed by atoms with Gasteiger partial charge in [-0.2, -0.15) is 13.2 Å². The highest BCUT2D eigenvalue weighted by Gasteiger charge is 2.28. The number of hydrogen-bond acceptors (Lipinski definition) is 4. The maximum atomic E-state index is 12.1. The number of benzene rings is 1. The van der Waals surface area contributed by atoms with E-state index in [0.717, 1.165) is 6.20 Å². The van der Waals surface area contributed by atoms with E-state index >= 15 is 0 Å². The number of para-hydroxylation sites is 1. The standard InChI is InChI=1S/C15H13F3N2O3/c1-9-3-2-4-11(13(9)21)14(22)20-10-5-6-12(19-7-10)23-8-15(16,17)18/h2-7,21H,8H2,1H3,(H,20,22). The Balaban J connectivity index is 2.03. The van der Waals surface area contributed by atoms with Crippen LogP contribution in [0.2, 0.25) is 0 Å². The van der Waals surface area contributed by atoms with E-state index in [1.165, 1.54) is 18.2 Å². The average Bonchev–Trinajstić information content (AvgIpc) is 2.48. The van der Waals surface area contributed by atoms with Crippen molar-refractivity contribution in [1.29, 1.82) is 0 Å². The summed E-state index contributed by atoms with van der Waals surface area (Å²) in [4.78, 5) is 15.7. The Bertz CT molecular complexity index is 700. The van der Waals surface area contributed by atoms with Crippen LogP contribution in [0.3, 0.4) is 0 Å². The zero-order chi connectivity index (χ0) is 17.0. The van der Waals surface area contributed by atoms with E-state index in [2.05, 4.69) is 15.0 Å². The average molecular weight is 326 g/mol. The molecule has 5 nitrogen and oxygen atoms in total. The van der Waals surface area contributed by atoms with Crippen molar-refractivity contribution in [3.8, 4) is 11.6 Å². The fraction of sp³-hybridized carbons (Fsp3) is 0.200. The monoisotopic (exact) mass is 326 g/mol. The lowest BCUT2D eigenvalue weighted by Gasteiger charge is -2.10. The molecule has 0 saturated carbocycles. The zero-order valence-electron chi connectivity index (χ0n) is 12.0. The molecule has 0 unspecified atom stereocenters. The van der Waals surface area contributed by atoms with E-state index in [1.54, 1.807) is 19.1 Å². The normalized spacial score (nSPS) is 11.1. The molecule has 2 aromatic rings. The van der Waals surface area contributed by atoms with Gasteiger partial charge in [0.05, 0.1) is 17.4 Å². The number of amides is 1. The smallest absolute Gasteiger partial charge is 0.422 e. The fourth-order valence-electron chi connectivity index (χ4n) is 1.74. The van der Waals surface area contributed by atoms with Crippen molar-refractivity contribution in [2.24, 2.45) is 0 Å². The molecule has 1 heterocycles. The van der Waals surface area contributed by atoms with Gasteiger partial charge in [-0.05, 0) is 24.6 Å². The van der Waals surface area contributed by atoms with Crippen LogP contribution in [0.1, 0.15) is 15.9 Å². The summed E-state index contributed by atoms with van der Waals surface area (Å²) in [5.74, 6) is -0.904. The number of aromatic nitrogens is 1. The number of ether oxygens (including phenoxy) is 1. The van der Waals surface area contributed by atoms with Gasteiger partial charge in [-0.25, -0.2) is 4.98 Å². The van der Waals surface area contributed by atoms with Gasteiger partial charge in [0.15, 0.2) is 6.61 Å². The van der Waals surface area contributed by atoms with Crippen LogP contribution in [0.4, 0.5) is 18.9 Å². The molecule has 0 spiro atoms. The van der Waals surface area contributed by atoms with Crippen LogP contribution in [0, 0.1) is 6.92 Å². The number of phenolic OH excluding ortho intramolecular Hbond substituents is 1. The van der Waals surface area contributed by atoms with Crippen LogP contribution in [0.25, 0.3) is 0 Å². The van der Waals surface area contributed by atoms with Gasteiger partial charge >= 0.3 is 6.18 Å². The third-order valence-corrected chi connectivity index (χ3v) is 2.86. The highest BCUT2D eigenvalue weighted by molar-refractivity contribution is 6.06. The summed E-state index contributed by atoms with van der Waals surface area (Å²) in [7, 11) is 0. The molecule has 0 saturated heterocycles. The molecule has 1 amide bonds. The first-order chi connectivity index (χ1) is 10.8. The number of pyridine rings is 1. The van der Waals surface area contributed by atoms with Crippen molar-refractivity contribution in [1.82, 2.24) is 4.98 Å². The first-order valence-electron chi connectivity index (χ1n) is 6.52. The van der Waals surface area contributed by atoms with Gasteiger partial charge < -0.3 is 15.2 Å². The summed E-state index contributed by atoms with van der Waals surface area (Å²) in [5, 5.41) is 12.3. The Kier molecular flexibility index (Phi) is 4.73. The number of hydrogen-bond donors (Lipinski definition) is 2. The van der Waals surface area contributed by atoms with Gasteiger partial charge in [-0.3, -0.25) is 4.79 Å². The van der Waals surface area contributed by atoms with Crippen molar-refractivity contribution >= 4 is 11.6 Å². The van der Waals surface area contributed by atoms with Gasteiger partial charge in [0, 0.05) is 6.07 Å². The molecule has 2 N–H and O–H groups in total. The molecule has 0 aliphatic heterocycles. The number of carbonyl (C=O) groups is 1. The van der Waals surface area contributed by atoms with E-state index < -0.39 is 18.7 Å². The second kappa shape index (κ2) is 6.55. The van der Waals surface area contributed by atoms with Crippen molar-refractivity contribution in [2.45, 2.75) is 13.1 Å². The van der Waals surface area contributed by atoms with Gasteiger partial charge in [0.1, 0.15) is 5.75 Å². The van der Waals surface area contributed by atoms with Crippen LogP contribution in [0.15, 0.2) is 36.5 Å². The summed E-state index contributed by atoms with van der Waals surface area (Å²) in [6.07, 6.45) is -3.28. The number of alkyl halides is 3. The molecular formula is C15H13F3N2O3.